The monoisotopic (exact) mass is 1450 g/mol. The second-order valence-electron chi connectivity index (χ2n) is 25.5. The van der Waals surface area contributed by atoms with Crippen LogP contribution in [0.2, 0.25) is 0 Å². The average Bonchev–Trinajstić information content (AvgIpc) is 1.12. The summed E-state index contributed by atoms with van der Waals surface area (Å²) in [6.45, 7) is 3.73. The number of rotatable bonds is 35. The van der Waals surface area contributed by atoms with Gasteiger partial charge in [0, 0.05) is 16.7 Å². The first-order valence-electron chi connectivity index (χ1n) is 34.9. The van der Waals surface area contributed by atoms with Crippen LogP contribution in [0, 0.1) is 0 Å². The van der Waals surface area contributed by atoms with Crippen molar-refractivity contribution >= 4 is 17.9 Å². The molecule has 0 aliphatic carbocycles. The molecule has 0 unspecified atom stereocenters. The Bertz CT molecular complexity index is 3970. The lowest BCUT2D eigenvalue weighted by Gasteiger charge is -2.51. The molecular weight excluding hydrogens is 1370 g/mol. The Labute approximate surface area is 612 Å². The lowest BCUT2D eigenvalue weighted by Crippen LogP contribution is -2.68. The first-order chi connectivity index (χ1) is 52.1. The van der Waals surface area contributed by atoms with E-state index in [1.807, 2.05) is 212 Å². The molecule has 7 aromatic rings. The predicted octanol–water partition coefficient (Wildman–Crippen LogP) is 11.0. The van der Waals surface area contributed by atoms with E-state index in [0.29, 0.717) is 16.7 Å². The molecule has 5 saturated heterocycles. The van der Waals surface area contributed by atoms with Gasteiger partial charge in [-0.1, -0.05) is 235 Å². The van der Waals surface area contributed by atoms with Crippen LogP contribution in [0.5, 0.6) is 0 Å². The zero-order valence-corrected chi connectivity index (χ0v) is 58.4. The zero-order chi connectivity index (χ0) is 73.4. The van der Waals surface area contributed by atoms with Gasteiger partial charge in [0.25, 0.3) is 0 Å². The van der Waals surface area contributed by atoms with E-state index in [9.17, 15) is 25.4 Å². The number of hydrogen-bond acceptors (Lipinski definition) is 23. The van der Waals surface area contributed by atoms with Gasteiger partial charge >= 0.3 is 17.9 Å². The molecule has 556 valence electrons. The van der Waals surface area contributed by atoms with E-state index in [-0.39, 0.29) is 59.5 Å². The van der Waals surface area contributed by atoms with Gasteiger partial charge < -0.3 is 85.3 Å². The summed E-state index contributed by atoms with van der Waals surface area (Å²) in [6.07, 6.45) is -24.0. The Morgan fingerprint density at radius 2 is 0.783 bits per heavy atom. The van der Waals surface area contributed by atoms with Crippen molar-refractivity contribution < 1.29 is 99.6 Å². The largest absolute Gasteiger partial charge is 0.467 e. The van der Waals surface area contributed by atoms with Gasteiger partial charge in [-0.2, -0.15) is 0 Å². The van der Waals surface area contributed by atoms with E-state index >= 15 is 0 Å². The van der Waals surface area contributed by atoms with Crippen LogP contribution >= 0.6 is 0 Å². The molecule has 0 amide bonds. The highest BCUT2D eigenvalue weighted by atomic mass is 16.8. The Hall–Kier alpha value is -9.29. The fraction of sp³-hybridized carbons (Fsp3) is 0.405. The normalized spacial score (nSPS) is 28.9. The summed E-state index contributed by atoms with van der Waals surface area (Å²) in [6, 6.07) is 62.2. The van der Waals surface area contributed by atoms with Crippen LogP contribution in [0.15, 0.2) is 235 Å². The number of carbonyl (C=O) groups excluding carboxylic acids is 3. The number of nitrogens with zero attached hydrogens (tertiary/aromatic N) is 6. The third-order valence-corrected chi connectivity index (χ3v) is 18.3. The highest BCUT2D eigenvalue weighted by Crippen LogP contribution is 2.42. The number of fused-ring (bicyclic) bond motifs is 2. The van der Waals surface area contributed by atoms with Crippen LogP contribution < -0.4 is 0 Å². The van der Waals surface area contributed by atoms with Gasteiger partial charge in [-0.15, -0.1) is 0 Å². The van der Waals surface area contributed by atoms with E-state index in [4.69, 9.17) is 85.3 Å². The summed E-state index contributed by atoms with van der Waals surface area (Å²) in [5, 5.41) is 8.50. The third kappa shape index (κ3) is 20.0. The third-order valence-electron chi connectivity index (χ3n) is 18.3. The highest BCUT2D eigenvalue weighted by molar-refractivity contribution is 5.76. The minimum atomic E-state index is -1.82. The second-order valence-corrected chi connectivity index (χ2v) is 25.5. The van der Waals surface area contributed by atoms with Crippen LogP contribution in [-0.4, -0.2) is 168 Å². The molecule has 5 aliphatic rings. The van der Waals surface area contributed by atoms with Gasteiger partial charge in [-0.3, -0.25) is 4.79 Å². The molecule has 0 aromatic heterocycles. The molecule has 2 bridgehead atoms. The van der Waals surface area contributed by atoms with Crippen molar-refractivity contribution in [1.82, 2.24) is 0 Å². The zero-order valence-electron chi connectivity index (χ0n) is 58.4. The molecule has 106 heavy (non-hydrogen) atoms. The number of benzene rings is 7. The van der Waals surface area contributed by atoms with Crippen molar-refractivity contribution in [3.8, 4) is 0 Å². The summed E-state index contributed by atoms with van der Waals surface area (Å²) in [7, 11) is 1.16. The molecule has 27 nitrogen and oxygen atoms in total. The van der Waals surface area contributed by atoms with Gasteiger partial charge in [-0.05, 0) is 50.0 Å². The van der Waals surface area contributed by atoms with Crippen LogP contribution in [0.1, 0.15) is 45.9 Å². The van der Waals surface area contributed by atoms with Gasteiger partial charge in [0.1, 0.15) is 98.5 Å². The lowest BCUT2D eigenvalue weighted by molar-refractivity contribution is -0.378. The van der Waals surface area contributed by atoms with E-state index < -0.39 is 147 Å². The molecule has 0 saturated carbocycles. The molecule has 27 heteroatoms. The molecule has 5 fully saturated rings. The Morgan fingerprint density at radius 3 is 1.19 bits per heavy atom. The molecular formula is C79H84N6O21. The molecule has 0 N–H and O–H groups in total. The minimum absolute atomic E-state index is 0.0158. The number of ether oxygens (including phenoxy) is 18. The van der Waals surface area contributed by atoms with Gasteiger partial charge in [0.15, 0.2) is 37.4 Å². The van der Waals surface area contributed by atoms with Gasteiger partial charge in [0.05, 0.1) is 60.0 Å². The predicted molar refractivity (Wildman–Crippen MR) is 376 cm³/mol. The van der Waals surface area contributed by atoms with E-state index in [1.165, 1.54) is 13.0 Å². The lowest BCUT2D eigenvalue weighted by atomic mass is 9.94. The van der Waals surface area contributed by atoms with E-state index in [0.717, 1.165) is 29.4 Å². The van der Waals surface area contributed by atoms with Crippen molar-refractivity contribution in [3.63, 3.8) is 0 Å². The number of hydrogen-bond donors (Lipinski definition) is 0. The Morgan fingerprint density at radius 1 is 0.425 bits per heavy atom. The summed E-state index contributed by atoms with van der Waals surface area (Å²) in [4.78, 5) is 49.6. The summed E-state index contributed by atoms with van der Waals surface area (Å²) in [5.41, 5.74) is 26.1. The molecule has 7 aromatic carbocycles. The number of carbonyl (C=O) groups is 3. The van der Waals surface area contributed by atoms with Crippen molar-refractivity contribution in [3.05, 3.63) is 285 Å². The molecule has 5 aliphatic heterocycles. The summed E-state index contributed by atoms with van der Waals surface area (Å²) >= 11 is 0. The Balaban J connectivity index is 0.959. The fourth-order valence-corrected chi connectivity index (χ4v) is 13.2. The van der Waals surface area contributed by atoms with Crippen LogP contribution in [0.4, 0.5) is 0 Å². The standard InChI is InChI=1S/C79H84N6O21/c1-4-40-90-75(88)70-66(94-43-53-30-16-7-17-31-53)67(95-44-54-32-18-8-19-33-54)72(97-46-56-36-22-10-23-37-56)78(105-70)102-62-58(48-91-50(2)86)101-77(61(83-85-81)65(62)93-42-52-28-14-6-15-29-52)104-69-68(96-45-55-34-20-9-21-35-55)73(98-47-57-38-24-11-25-39-57)79(106-71(69)74(87)89-3)103-63-59-49-99-76(100-59)60(82-84-80)64(63)92-41-51-26-12-5-13-27-51/h4-39,58-73,76-79H,1,40-49H2,2-3H3/t58-,59-,60-,61-,62-,63-,64-,65-,66+,67+,68+,69+,70+,71+,72-,73-,76-,77+,78-,79-/m1/s1. The summed E-state index contributed by atoms with van der Waals surface area (Å²) in [5.74, 6) is -2.59. The fourth-order valence-electron chi connectivity index (χ4n) is 13.2. The first kappa shape index (κ1) is 76.4. The van der Waals surface area contributed by atoms with Crippen LogP contribution in [0.25, 0.3) is 20.9 Å². The minimum Gasteiger partial charge on any atom is -0.467 e. The highest BCUT2D eigenvalue weighted by Gasteiger charge is 2.61. The van der Waals surface area contributed by atoms with Crippen molar-refractivity contribution in [2.45, 2.75) is 176 Å². The maximum Gasteiger partial charge on any atom is 0.338 e. The number of esters is 3. The van der Waals surface area contributed by atoms with Crippen molar-refractivity contribution in [1.29, 1.82) is 0 Å². The topological polar surface area (TPSA) is 315 Å². The molecule has 0 spiro atoms. The molecule has 5 heterocycles. The first-order valence-corrected chi connectivity index (χ1v) is 34.9. The van der Waals surface area contributed by atoms with Gasteiger partial charge in [0.2, 0.25) is 0 Å². The van der Waals surface area contributed by atoms with Gasteiger partial charge in [-0.25, -0.2) is 9.59 Å². The average molecular weight is 1450 g/mol. The summed E-state index contributed by atoms with van der Waals surface area (Å²) < 4.78 is 121. The van der Waals surface area contributed by atoms with Crippen LogP contribution in [0.3, 0.4) is 0 Å². The maximum absolute atomic E-state index is 15.0. The molecule has 0 radical (unpaired) electrons. The molecule has 20 atom stereocenters. The SMILES string of the molecule is C=CCOC(=O)[C@H]1O[C@@H](O[C@H]2[C@H](OCc3ccccc3)[C@@H](N=[N+]=[N-])[C@H](O[C@H]3[C@H](OCc4ccccc4)[C@@H](OCc4ccccc4)[C@H](O[C@H]4[C@H](OCc5ccccc5)[C@@H](N=[N+]=[N-])[C@@H]5OC[C@H]4O5)O[C@@H]3C(=O)OC)O[C@@H]2COC(C)=O)[C@H](OCc2ccccc2)[C@@H](OCc2ccccc2)[C@@H]1OCc1ccccc1. The maximum atomic E-state index is 15.0. The van der Waals surface area contributed by atoms with Crippen molar-refractivity contribution in [2.75, 3.05) is 26.9 Å². The Kier molecular flexibility index (Phi) is 28.0. The van der Waals surface area contributed by atoms with E-state index in [1.54, 1.807) is 0 Å². The van der Waals surface area contributed by atoms with E-state index in [2.05, 4.69) is 26.6 Å². The number of azide groups is 2. The van der Waals surface area contributed by atoms with Crippen LogP contribution in [-0.2, 0) is 146 Å². The number of methoxy groups -OCH3 is 1. The van der Waals surface area contributed by atoms with Crippen molar-refractivity contribution in [2.24, 2.45) is 10.2 Å². The quantitative estimate of drug-likeness (QED) is 0.00889. The smallest absolute Gasteiger partial charge is 0.338 e. The molecule has 12 rings (SSSR count). The second kappa shape index (κ2) is 38.8.